The van der Waals surface area contributed by atoms with E-state index in [9.17, 15) is 0 Å². The lowest BCUT2D eigenvalue weighted by Gasteiger charge is -2.11. The van der Waals surface area contributed by atoms with Gasteiger partial charge in [0.15, 0.2) is 0 Å². The summed E-state index contributed by atoms with van der Waals surface area (Å²) < 4.78 is 7.70. The Hall–Kier alpha value is -3.01. The zero-order valence-electron chi connectivity index (χ0n) is 15.9. The van der Waals surface area contributed by atoms with Crippen LogP contribution in [0.4, 0.5) is 5.95 Å². The number of hydrogen-bond donors (Lipinski definition) is 1. The molecule has 4 heteroatoms. The third kappa shape index (κ3) is 3.75. The van der Waals surface area contributed by atoms with E-state index in [0.717, 1.165) is 42.1 Å². The summed E-state index contributed by atoms with van der Waals surface area (Å²) in [6, 6.07) is 19.3. The lowest BCUT2D eigenvalue weighted by Crippen LogP contribution is -2.08. The molecular weight excluding hydrogens is 334 g/mol. The summed E-state index contributed by atoms with van der Waals surface area (Å²) in [7, 11) is 0. The van der Waals surface area contributed by atoms with Crippen LogP contribution in [-0.4, -0.2) is 9.55 Å². The molecule has 0 aliphatic rings. The van der Waals surface area contributed by atoms with Gasteiger partial charge in [0.05, 0.1) is 30.4 Å². The van der Waals surface area contributed by atoms with Gasteiger partial charge in [0.1, 0.15) is 5.76 Å². The van der Waals surface area contributed by atoms with Crippen molar-refractivity contribution in [2.45, 2.75) is 39.8 Å². The summed E-state index contributed by atoms with van der Waals surface area (Å²) in [6.07, 6.45) is 3.77. The molecule has 0 aliphatic heterocycles. The zero-order chi connectivity index (χ0) is 18.6. The van der Waals surface area contributed by atoms with Gasteiger partial charge < -0.3 is 14.3 Å². The number of nitrogens with one attached hydrogen (secondary N) is 1. The first kappa shape index (κ1) is 17.4. The second-order valence-corrected chi connectivity index (χ2v) is 6.80. The fourth-order valence-corrected chi connectivity index (χ4v) is 3.33. The average Bonchev–Trinajstić information content (AvgIpc) is 3.34. The predicted octanol–water partition coefficient (Wildman–Crippen LogP) is 5.41. The maximum atomic E-state index is 5.45. The molecule has 0 saturated heterocycles. The number of anilines is 1. The van der Waals surface area contributed by atoms with Gasteiger partial charge in [-0.2, -0.15) is 0 Å². The van der Waals surface area contributed by atoms with Crippen LogP contribution in [0.3, 0.4) is 0 Å². The second-order valence-electron chi connectivity index (χ2n) is 6.80. The highest BCUT2D eigenvalue weighted by Crippen LogP contribution is 2.23. The molecule has 2 aromatic carbocycles. The van der Waals surface area contributed by atoms with Crippen LogP contribution < -0.4 is 5.32 Å². The summed E-state index contributed by atoms with van der Waals surface area (Å²) in [5.74, 6) is 1.77. The van der Waals surface area contributed by atoms with E-state index in [2.05, 4.69) is 66.2 Å². The van der Waals surface area contributed by atoms with Crippen LogP contribution in [0, 0.1) is 0 Å². The van der Waals surface area contributed by atoms with E-state index in [1.165, 1.54) is 16.7 Å². The Morgan fingerprint density at radius 3 is 2.37 bits per heavy atom. The minimum absolute atomic E-state index is 0.617. The average molecular weight is 359 g/mol. The van der Waals surface area contributed by atoms with E-state index in [1.807, 2.05) is 12.1 Å². The van der Waals surface area contributed by atoms with Gasteiger partial charge in [0, 0.05) is 0 Å². The van der Waals surface area contributed by atoms with Crippen LogP contribution >= 0.6 is 0 Å². The van der Waals surface area contributed by atoms with Gasteiger partial charge in [-0.3, -0.25) is 0 Å². The summed E-state index contributed by atoms with van der Waals surface area (Å²) in [6.45, 7) is 5.75. The van der Waals surface area contributed by atoms with E-state index in [1.54, 1.807) is 6.26 Å². The second kappa shape index (κ2) is 7.70. The van der Waals surface area contributed by atoms with E-state index in [0.29, 0.717) is 6.54 Å². The highest BCUT2D eigenvalue weighted by Gasteiger charge is 2.12. The molecule has 1 N–H and O–H groups in total. The highest BCUT2D eigenvalue weighted by atomic mass is 16.3. The summed E-state index contributed by atoms with van der Waals surface area (Å²) in [4.78, 5) is 4.86. The largest absolute Gasteiger partial charge is 0.467 e. The zero-order valence-corrected chi connectivity index (χ0v) is 15.9. The van der Waals surface area contributed by atoms with Crippen LogP contribution in [0.5, 0.6) is 0 Å². The fraction of sp³-hybridized carbons (Fsp3) is 0.261. The van der Waals surface area contributed by atoms with Crippen molar-refractivity contribution in [1.29, 1.82) is 0 Å². The van der Waals surface area contributed by atoms with Gasteiger partial charge in [0.25, 0.3) is 0 Å². The molecule has 4 rings (SSSR count). The van der Waals surface area contributed by atoms with Gasteiger partial charge in [-0.05, 0) is 53.8 Å². The maximum Gasteiger partial charge on any atom is 0.204 e. The summed E-state index contributed by atoms with van der Waals surface area (Å²) in [5.41, 5.74) is 6.11. The Morgan fingerprint density at radius 1 is 0.926 bits per heavy atom. The first-order chi connectivity index (χ1) is 13.3. The van der Waals surface area contributed by atoms with Crippen molar-refractivity contribution >= 4 is 17.0 Å². The quantitative estimate of drug-likeness (QED) is 0.479. The number of fused-ring (bicyclic) bond motifs is 1. The molecule has 0 bridgehead atoms. The number of aromatic nitrogens is 2. The molecular formula is C23H25N3O. The topological polar surface area (TPSA) is 43.0 Å². The van der Waals surface area contributed by atoms with Gasteiger partial charge in [-0.25, -0.2) is 4.98 Å². The molecule has 0 aliphatic carbocycles. The number of aryl methyl sites for hydroxylation is 2. The van der Waals surface area contributed by atoms with E-state index < -0.39 is 0 Å². The molecule has 4 aromatic rings. The standard InChI is InChI=1S/C23H25N3O/c1-3-17-7-9-19(10-8-17)16-26-22-12-11-18(4-2)14-21(22)25-23(26)24-15-20-6-5-13-27-20/h5-14H,3-4,15-16H2,1-2H3,(H,24,25). The minimum atomic E-state index is 0.617. The van der Waals surface area contributed by atoms with Crippen LogP contribution in [0.2, 0.25) is 0 Å². The lowest BCUT2D eigenvalue weighted by atomic mass is 10.1. The fourth-order valence-electron chi connectivity index (χ4n) is 3.33. The number of nitrogens with zero attached hydrogens (tertiary/aromatic N) is 2. The Balaban J connectivity index is 1.68. The van der Waals surface area contributed by atoms with E-state index in [4.69, 9.17) is 9.40 Å². The number of imidazole rings is 1. The van der Waals surface area contributed by atoms with Crippen molar-refractivity contribution in [2.75, 3.05) is 5.32 Å². The lowest BCUT2D eigenvalue weighted by molar-refractivity contribution is 0.517. The third-order valence-electron chi connectivity index (χ3n) is 4.99. The van der Waals surface area contributed by atoms with Crippen molar-refractivity contribution in [3.63, 3.8) is 0 Å². The van der Waals surface area contributed by atoms with Crippen molar-refractivity contribution in [3.8, 4) is 0 Å². The summed E-state index contributed by atoms with van der Waals surface area (Å²) in [5, 5.41) is 3.44. The molecule has 0 fully saturated rings. The number of benzene rings is 2. The van der Waals surface area contributed by atoms with Crippen molar-refractivity contribution < 1.29 is 4.42 Å². The van der Waals surface area contributed by atoms with Gasteiger partial charge in [-0.15, -0.1) is 0 Å². The molecule has 0 atom stereocenters. The Bertz CT molecular complexity index is 1010. The monoisotopic (exact) mass is 359 g/mol. The summed E-state index contributed by atoms with van der Waals surface area (Å²) >= 11 is 0. The molecule has 0 unspecified atom stereocenters. The maximum absolute atomic E-state index is 5.45. The Kier molecular flexibility index (Phi) is 4.97. The predicted molar refractivity (Wildman–Crippen MR) is 110 cm³/mol. The first-order valence-corrected chi connectivity index (χ1v) is 9.60. The van der Waals surface area contributed by atoms with Crippen LogP contribution in [0.15, 0.2) is 65.3 Å². The van der Waals surface area contributed by atoms with Gasteiger partial charge in [-0.1, -0.05) is 44.2 Å². The third-order valence-corrected chi connectivity index (χ3v) is 4.99. The highest BCUT2D eigenvalue weighted by molar-refractivity contribution is 5.79. The van der Waals surface area contributed by atoms with E-state index >= 15 is 0 Å². The molecule has 0 amide bonds. The molecule has 2 aromatic heterocycles. The van der Waals surface area contributed by atoms with Crippen molar-refractivity contribution in [3.05, 3.63) is 83.3 Å². The van der Waals surface area contributed by atoms with Crippen LogP contribution in [-0.2, 0) is 25.9 Å². The van der Waals surface area contributed by atoms with Crippen LogP contribution in [0.1, 0.15) is 36.3 Å². The normalized spacial score (nSPS) is 11.2. The molecule has 4 nitrogen and oxygen atoms in total. The molecule has 27 heavy (non-hydrogen) atoms. The number of furan rings is 1. The molecule has 0 radical (unpaired) electrons. The van der Waals surface area contributed by atoms with Gasteiger partial charge in [0.2, 0.25) is 5.95 Å². The molecule has 0 saturated carbocycles. The number of rotatable bonds is 7. The smallest absolute Gasteiger partial charge is 0.204 e. The van der Waals surface area contributed by atoms with E-state index in [-0.39, 0.29) is 0 Å². The first-order valence-electron chi connectivity index (χ1n) is 9.60. The van der Waals surface area contributed by atoms with Crippen molar-refractivity contribution in [2.24, 2.45) is 0 Å². The SMILES string of the molecule is CCc1ccc(Cn2c(NCc3ccco3)nc3cc(CC)ccc32)cc1. The van der Waals surface area contributed by atoms with Gasteiger partial charge >= 0.3 is 0 Å². The Morgan fingerprint density at radius 2 is 1.67 bits per heavy atom. The van der Waals surface area contributed by atoms with Crippen LogP contribution in [0.25, 0.3) is 11.0 Å². The molecule has 138 valence electrons. The minimum Gasteiger partial charge on any atom is -0.467 e. The Labute approximate surface area is 159 Å². The molecule has 2 heterocycles. The molecule has 0 spiro atoms. The number of hydrogen-bond acceptors (Lipinski definition) is 3. The van der Waals surface area contributed by atoms with Crippen molar-refractivity contribution in [1.82, 2.24) is 9.55 Å².